The first-order valence-electron chi connectivity index (χ1n) is 18.2. The van der Waals surface area contributed by atoms with Crippen molar-refractivity contribution in [1.82, 2.24) is 0 Å². The smallest absolute Gasteiger partial charge is 0.303 e. The van der Waals surface area contributed by atoms with Crippen LogP contribution in [0.3, 0.4) is 0 Å². The van der Waals surface area contributed by atoms with Gasteiger partial charge in [-0.3, -0.25) is 4.79 Å². The summed E-state index contributed by atoms with van der Waals surface area (Å²) in [5.74, 6) is -0.389. The maximum absolute atomic E-state index is 12.2. The van der Waals surface area contributed by atoms with Crippen molar-refractivity contribution >= 4 is 5.97 Å². The highest BCUT2D eigenvalue weighted by Gasteiger charge is 2.85. The third-order valence-corrected chi connectivity index (χ3v) is 15.9. The first-order chi connectivity index (χ1) is 21.7. The van der Waals surface area contributed by atoms with E-state index in [-0.39, 0.29) is 52.1 Å². The number of carbonyl (C=O) groups excluding carboxylic acids is 1. The van der Waals surface area contributed by atoms with Crippen molar-refractivity contribution in [2.75, 3.05) is 6.61 Å². The fourth-order valence-electron chi connectivity index (χ4n) is 13.8. The Hall–Kier alpha value is -0.850. The predicted molar refractivity (Wildman–Crippen MR) is 171 cm³/mol. The molecule has 0 bridgehead atoms. The van der Waals surface area contributed by atoms with Gasteiger partial charge in [0.2, 0.25) is 0 Å². The van der Waals surface area contributed by atoms with Crippen molar-refractivity contribution in [3.63, 3.8) is 0 Å². The van der Waals surface area contributed by atoms with Crippen molar-refractivity contribution in [3.05, 3.63) is 0 Å². The van der Waals surface area contributed by atoms with Crippen LogP contribution >= 0.6 is 0 Å². The standard InChI is InChI=1S/C37H60O10/c1-19(38)45-27-26(43)22(41)17-44-30(27)46-25-10-12-37-18-36(37)14-13-33(6)29(35(8)11-9-24(42)32(4,5)47-35)21(40)16-34(33,7)23(36)15-20(39)28(37)31(25,2)3/h20-30,39-43H,9-18H2,1-8H3/t20-,21-,22+,23-,24-,25-,26-,27+,28-,29-,30-,33+,34-,35+,36-,37+/m0/s1. The largest absolute Gasteiger partial charge is 0.454 e. The second-order valence-corrected chi connectivity index (χ2v) is 18.8. The van der Waals surface area contributed by atoms with Crippen LogP contribution in [0.4, 0.5) is 0 Å². The topological polar surface area (TPSA) is 155 Å². The van der Waals surface area contributed by atoms with Crippen molar-refractivity contribution < 1.29 is 49.3 Å². The molecule has 2 spiro atoms. The van der Waals surface area contributed by atoms with Crippen LogP contribution in [0.5, 0.6) is 0 Å². The molecule has 47 heavy (non-hydrogen) atoms. The zero-order valence-electron chi connectivity index (χ0n) is 29.7. The van der Waals surface area contributed by atoms with Gasteiger partial charge in [0.05, 0.1) is 42.2 Å². The van der Waals surface area contributed by atoms with E-state index in [2.05, 4.69) is 34.6 Å². The molecule has 5 aliphatic carbocycles. The average Bonchev–Trinajstić information content (AvgIpc) is 3.54. The highest BCUT2D eigenvalue weighted by atomic mass is 16.7. The number of fused-ring (bicyclic) bond motifs is 2. The van der Waals surface area contributed by atoms with Crippen molar-refractivity contribution in [2.45, 2.75) is 173 Å². The molecule has 5 saturated carbocycles. The molecule has 5 N–H and O–H groups in total. The van der Waals surface area contributed by atoms with Crippen molar-refractivity contribution in [2.24, 2.45) is 44.8 Å². The zero-order valence-corrected chi connectivity index (χ0v) is 29.7. The fraction of sp³-hybridized carbons (Fsp3) is 0.973. The minimum atomic E-state index is -1.32. The van der Waals surface area contributed by atoms with E-state index in [1.54, 1.807) is 0 Å². The number of aliphatic hydroxyl groups excluding tert-OH is 5. The third-order valence-electron chi connectivity index (χ3n) is 15.9. The van der Waals surface area contributed by atoms with Gasteiger partial charge in [0.1, 0.15) is 12.2 Å². The molecular formula is C37H60O10. The summed E-state index contributed by atoms with van der Waals surface area (Å²) in [4.78, 5) is 11.9. The Bertz CT molecular complexity index is 1270. The summed E-state index contributed by atoms with van der Waals surface area (Å²) in [6, 6.07) is 0. The Kier molecular flexibility index (Phi) is 7.80. The fourth-order valence-corrected chi connectivity index (χ4v) is 13.8. The molecule has 7 fully saturated rings. The van der Waals surface area contributed by atoms with Gasteiger partial charge in [0.25, 0.3) is 0 Å². The maximum atomic E-state index is 12.2. The summed E-state index contributed by atoms with van der Waals surface area (Å²) in [7, 11) is 0. The highest BCUT2D eigenvalue weighted by molar-refractivity contribution is 5.66. The molecule has 2 aliphatic heterocycles. The van der Waals surface area contributed by atoms with Crippen LogP contribution in [-0.4, -0.2) is 98.3 Å². The number of ether oxygens (including phenoxy) is 4. The lowest BCUT2D eigenvalue weighted by Gasteiger charge is -2.65. The van der Waals surface area contributed by atoms with E-state index >= 15 is 0 Å². The Morgan fingerprint density at radius 3 is 2.15 bits per heavy atom. The van der Waals surface area contributed by atoms with Crippen molar-refractivity contribution in [1.29, 1.82) is 0 Å². The normalized spacial score (nSPS) is 57.6. The molecule has 268 valence electrons. The Labute approximate surface area is 279 Å². The zero-order chi connectivity index (χ0) is 34.3. The summed E-state index contributed by atoms with van der Waals surface area (Å²) in [6.07, 6.45) is 0.956. The van der Waals surface area contributed by atoms with Gasteiger partial charge in [0.15, 0.2) is 12.4 Å². The molecule has 0 aromatic carbocycles. The molecule has 0 amide bonds. The lowest BCUT2D eigenvalue weighted by atomic mass is 9.41. The third kappa shape index (κ3) is 4.54. The minimum absolute atomic E-state index is 0.00663. The second kappa shape index (κ2) is 10.6. The summed E-state index contributed by atoms with van der Waals surface area (Å²) in [5, 5.41) is 55.8. The van der Waals surface area contributed by atoms with Crippen LogP contribution in [0.25, 0.3) is 0 Å². The van der Waals surface area contributed by atoms with Crippen LogP contribution in [0.15, 0.2) is 0 Å². The van der Waals surface area contributed by atoms with Gasteiger partial charge in [-0.1, -0.05) is 27.7 Å². The molecule has 0 aromatic heterocycles. The van der Waals surface area contributed by atoms with E-state index in [9.17, 15) is 30.3 Å². The van der Waals surface area contributed by atoms with Crippen LogP contribution < -0.4 is 0 Å². The molecule has 10 heteroatoms. The van der Waals surface area contributed by atoms with E-state index in [0.29, 0.717) is 25.7 Å². The molecule has 0 unspecified atom stereocenters. The van der Waals surface area contributed by atoms with Gasteiger partial charge in [-0.2, -0.15) is 0 Å². The molecule has 7 aliphatic rings. The molecule has 10 nitrogen and oxygen atoms in total. The first-order valence-corrected chi connectivity index (χ1v) is 18.2. The SMILES string of the molecule is CC(=O)O[C@H]1[C@H](O[C@H]2CC[C@]34C[C@]35CC[C@]3(C)[C@@H]([C@@]6(C)CC[C@H](O)C(C)(C)O6)[C@@H](O)C[C@@]3(C)[C@@H]5C[C@H](O)[C@H]4C2(C)C)OC[C@@H](O)[C@@H]1O. The molecule has 0 radical (unpaired) electrons. The Morgan fingerprint density at radius 2 is 1.49 bits per heavy atom. The Morgan fingerprint density at radius 1 is 0.787 bits per heavy atom. The second-order valence-electron chi connectivity index (χ2n) is 18.8. The van der Waals surface area contributed by atoms with Gasteiger partial charge in [-0.25, -0.2) is 0 Å². The van der Waals surface area contributed by atoms with Crippen molar-refractivity contribution in [3.8, 4) is 0 Å². The lowest BCUT2D eigenvalue weighted by Crippen LogP contribution is -2.64. The number of rotatable bonds is 4. The predicted octanol–water partition coefficient (Wildman–Crippen LogP) is 3.47. The van der Waals surface area contributed by atoms with Gasteiger partial charge < -0.3 is 44.5 Å². The summed E-state index contributed by atoms with van der Waals surface area (Å²) < 4.78 is 24.5. The lowest BCUT2D eigenvalue weighted by molar-refractivity contribution is -0.309. The van der Waals surface area contributed by atoms with E-state index in [0.717, 1.165) is 32.1 Å². The minimum Gasteiger partial charge on any atom is -0.454 e. The number of carbonyl (C=O) groups is 1. The average molecular weight is 665 g/mol. The molecule has 7 rings (SSSR count). The first kappa shape index (κ1) is 34.6. The van der Waals surface area contributed by atoms with Crippen LogP contribution in [0, 0.1) is 44.8 Å². The molecule has 2 saturated heterocycles. The molecular weight excluding hydrogens is 604 g/mol. The number of esters is 1. The van der Waals surface area contributed by atoms with Gasteiger partial charge in [0, 0.05) is 12.8 Å². The number of aliphatic hydroxyl groups is 5. The molecule has 16 atom stereocenters. The summed E-state index contributed by atoms with van der Waals surface area (Å²) in [6.45, 7) is 16.3. The van der Waals surface area contributed by atoms with E-state index < -0.39 is 65.5 Å². The van der Waals surface area contributed by atoms with Gasteiger partial charge in [-0.05, 0) is 117 Å². The molecule has 0 aromatic rings. The maximum Gasteiger partial charge on any atom is 0.303 e. The Balaban J connectivity index is 1.15. The van der Waals surface area contributed by atoms with E-state index in [1.807, 2.05) is 13.8 Å². The van der Waals surface area contributed by atoms with Crippen LogP contribution in [-0.2, 0) is 23.7 Å². The quantitative estimate of drug-likeness (QED) is 0.223. The number of hydrogen-bond donors (Lipinski definition) is 5. The van der Waals surface area contributed by atoms with E-state index in [4.69, 9.17) is 18.9 Å². The monoisotopic (exact) mass is 664 g/mol. The van der Waals surface area contributed by atoms with Crippen LogP contribution in [0.2, 0.25) is 0 Å². The summed E-state index contributed by atoms with van der Waals surface area (Å²) >= 11 is 0. The highest BCUT2D eigenvalue weighted by Crippen LogP contribution is 2.89. The van der Waals surface area contributed by atoms with E-state index in [1.165, 1.54) is 6.92 Å². The molecule has 2 heterocycles. The van der Waals surface area contributed by atoms with Gasteiger partial charge >= 0.3 is 5.97 Å². The summed E-state index contributed by atoms with van der Waals surface area (Å²) in [5.41, 5.74) is -1.97. The van der Waals surface area contributed by atoms with Crippen LogP contribution in [0.1, 0.15) is 113 Å². The van der Waals surface area contributed by atoms with Gasteiger partial charge in [-0.15, -0.1) is 0 Å². The number of hydrogen-bond acceptors (Lipinski definition) is 10.